The van der Waals surface area contributed by atoms with Crippen molar-refractivity contribution >= 4 is 0 Å². The van der Waals surface area contributed by atoms with Crippen molar-refractivity contribution in [2.75, 3.05) is 0 Å². The van der Waals surface area contributed by atoms with Crippen LogP contribution in [-0.4, -0.2) is 5.11 Å². The topological polar surface area (TPSA) is 20.2 Å². The Bertz CT molecular complexity index is 307. The molecule has 62 valence electrons. The summed E-state index contributed by atoms with van der Waals surface area (Å²) in [6.07, 6.45) is 6.55. The van der Waals surface area contributed by atoms with Crippen LogP contribution >= 0.6 is 0 Å². The number of aromatic hydroxyl groups is 1. The molecular weight excluding hydrogens is 148 g/mol. The molecule has 0 aliphatic heterocycles. The van der Waals surface area contributed by atoms with Gasteiger partial charge in [-0.2, -0.15) is 0 Å². The van der Waals surface area contributed by atoms with Gasteiger partial charge in [0.05, 0.1) is 0 Å². The lowest BCUT2D eigenvalue weighted by atomic mass is 10.1. The highest BCUT2D eigenvalue weighted by atomic mass is 16.3. The van der Waals surface area contributed by atoms with E-state index in [2.05, 4.69) is 5.92 Å². The molecule has 0 radical (unpaired) electrons. The van der Waals surface area contributed by atoms with Gasteiger partial charge in [0, 0.05) is 6.42 Å². The lowest BCUT2D eigenvalue weighted by molar-refractivity contribution is 0.468. The highest BCUT2D eigenvalue weighted by molar-refractivity contribution is 5.36. The van der Waals surface area contributed by atoms with Gasteiger partial charge >= 0.3 is 0 Å². The number of benzene rings is 1. The Kier molecular flexibility index (Phi) is 2.76. The zero-order chi connectivity index (χ0) is 8.97. The molecule has 0 saturated heterocycles. The van der Waals surface area contributed by atoms with Crippen LogP contribution in [0, 0.1) is 19.3 Å². The van der Waals surface area contributed by atoms with E-state index in [4.69, 9.17) is 6.42 Å². The lowest BCUT2D eigenvalue weighted by Crippen LogP contribution is -1.85. The number of hydrogen-bond acceptors (Lipinski definition) is 1. The Labute approximate surface area is 73.0 Å². The molecule has 0 aromatic heterocycles. The Balaban J connectivity index is 2.81. The molecule has 0 spiro atoms. The molecule has 0 atom stereocenters. The summed E-state index contributed by atoms with van der Waals surface area (Å²) in [5.74, 6) is 2.90. The van der Waals surface area contributed by atoms with E-state index < -0.39 is 0 Å². The molecule has 1 aromatic carbocycles. The third-order valence-corrected chi connectivity index (χ3v) is 1.78. The van der Waals surface area contributed by atoms with E-state index >= 15 is 0 Å². The van der Waals surface area contributed by atoms with Gasteiger partial charge in [0.15, 0.2) is 0 Å². The molecule has 0 fully saturated rings. The SMILES string of the molecule is C#CCCc1ccc(C)cc1O. The average Bonchev–Trinajstić information content (AvgIpc) is 2.03. The molecule has 1 heteroatoms. The fourth-order valence-corrected chi connectivity index (χ4v) is 1.09. The predicted molar refractivity (Wildman–Crippen MR) is 50.0 cm³/mol. The van der Waals surface area contributed by atoms with Crippen molar-refractivity contribution in [1.29, 1.82) is 0 Å². The van der Waals surface area contributed by atoms with Gasteiger partial charge in [-0.25, -0.2) is 0 Å². The normalized spacial score (nSPS) is 9.33. The molecule has 0 aliphatic rings. The van der Waals surface area contributed by atoms with E-state index in [1.807, 2.05) is 19.1 Å². The third kappa shape index (κ3) is 2.03. The van der Waals surface area contributed by atoms with Gasteiger partial charge in [-0.1, -0.05) is 12.1 Å². The zero-order valence-electron chi connectivity index (χ0n) is 7.17. The number of phenols is 1. The van der Waals surface area contributed by atoms with E-state index in [1.165, 1.54) is 0 Å². The van der Waals surface area contributed by atoms with Crippen LogP contribution in [0.15, 0.2) is 18.2 Å². The van der Waals surface area contributed by atoms with Gasteiger partial charge in [0.1, 0.15) is 5.75 Å². The van der Waals surface area contributed by atoms with Crippen molar-refractivity contribution in [1.82, 2.24) is 0 Å². The molecule has 0 amide bonds. The van der Waals surface area contributed by atoms with Crippen molar-refractivity contribution in [3.05, 3.63) is 29.3 Å². The average molecular weight is 160 g/mol. The highest BCUT2D eigenvalue weighted by Gasteiger charge is 1.98. The first-order valence-electron chi connectivity index (χ1n) is 3.96. The molecule has 1 nitrogen and oxygen atoms in total. The zero-order valence-corrected chi connectivity index (χ0v) is 7.17. The lowest BCUT2D eigenvalue weighted by Gasteiger charge is -2.02. The Morgan fingerprint density at radius 1 is 1.50 bits per heavy atom. The van der Waals surface area contributed by atoms with Crippen LogP contribution in [0.5, 0.6) is 5.75 Å². The molecule has 1 rings (SSSR count). The second-order valence-corrected chi connectivity index (χ2v) is 2.84. The maximum Gasteiger partial charge on any atom is 0.119 e. The summed E-state index contributed by atoms with van der Waals surface area (Å²) in [6.45, 7) is 1.95. The summed E-state index contributed by atoms with van der Waals surface area (Å²) >= 11 is 0. The van der Waals surface area contributed by atoms with Gasteiger partial charge in [0.2, 0.25) is 0 Å². The second kappa shape index (κ2) is 3.82. The monoisotopic (exact) mass is 160 g/mol. The molecule has 0 unspecified atom stereocenters. The molecule has 1 aromatic rings. The highest BCUT2D eigenvalue weighted by Crippen LogP contribution is 2.19. The molecule has 0 bridgehead atoms. The van der Waals surface area contributed by atoms with Crippen LogP contribution in [0.25, 0.3) is 0 Å². The van der Waals surface area contributed by atoms with Crippen molar-refractivity contribution < 1.29 is 5.11 Å². The molecule has 12 heavy (non-hydrogen) atoms. The maximum absolute atomic E-state index is 9.45. The fourth-order valence-electron chi connectivity index (χ4n) is 1.09. The first-order chi connectivity index (χ1) is 5.74. The minimum absolute atomic E-state index is 0.352. The van der Waals surface area contributed by atoms with Crippen LogP contribution in [0.3, 0.4) is 0 Å². The van der Waals surface area contributed by atoms with Crippen molar-refractivity contribution in [2.24, 2.45) is 0 Å². The van der Waals surface area contributed by atoms with Crippen molar-refractivity contribution in [3.8, 4) is 18.1 Å². The van der Waals surface area contributed by atoms with Crippen LogP contribution in [0.2, 0.25) is 0 Å². The summed E-state index contributed by atoms with van der Waals surface area (Å²) in [5.41, 5.74) is 2.00. The largest absolute Gasteiger partial charge is 0.508 e. The summed E-state index contributed by atoms with van der Waals surface area (Å²) in [7, 11) is 0. The van der Waals surface area contributed by atoms with Crippen LogP contribution < -0.4 is 0 Å². The van der Waals surface area contributed by atoms with Crippen LogP contribution in [0.4, 0.5) is 0 Å². The minimum atomic E-state index is 0.352. The van der Waals surface area contributed by atoms with Crippen LogP contribution in [0.1, 0.15) is 17.5 Å². The Hall–Kier alpha value is -1.42. The van der Waals surface area contributed by atoms with Gasteiger partial charge in [-0.15, -0.1) is 12.3 Å². The van der Waals surface area contributed by atoms with Gasteiger partial charge < -0.3 is 5.11 Å². The molecule has 0 heterocycles. The van der Waals surface area contributed by atoms with Crippen molar-refractivity contribution in [3.63, 3.8) is 0 Å². The van der Waals surface area contributed by atoms with E-state index in [0.717, 1.165) is 17.5 Å². The molecule has 0 aliphatic carbocycles. The minimum Gasteiger partial charge on any atom is -0.508 e. The van der Waals surface area contributed by atoms with E-state index in [1.54, 1.807) is 6.07 Å². The first-order valence-corrected chi connectivity index (χ1v) is 3.96. The number of aryl methyl sites for hydroxylation is 2. The Morgan fingerprint density at radius 3 is 2.83 bits per heavy atom. The number of phenolic OH excluding ortho intramolecular Hbond substituents is 1. The third-order valence-electron chi connectivity index (χ3n) is 1.78. The van der Waals surface area contributed by atoms with E-state index in [0.29, 0.717) is 12.2 Å². The standard InChI is InChI=1S/C11H12O/c1-3-4-5-10-7-6-9(2)8-11(10)12/h1,6-8,12H,4-5H2,2H3. The van der Waals surface area contributed by atoms with Crippen molar-refractivity contribution in [2.45, 2.75) is 19.8 Å². The summed E-state index contributed by atoms with van der Waals surface area (Å²) in [5, 5.41) is 9.45. The Morgan fingerprint density at radius 2 is 2.25 bits per heavy atom. The van der Waals surface area contributed by atoms with Gasteiger partial charge in [0.25, 0.3) is 0 Å². The summed E-state index contributed by atoms with van der Waals surface area (Å²) < 4.78 is 0. The van der Waals surface area contributed by atoms with E-state index in [9.17, 15) is 5.11 Å². The molecule has 1 N–H and O–H groups in total. The molecule has 0 saturated carbocycles. The van der Waals surface area contributed by atoms with Crippen LogP contribution in [-0.2, 0) is 6.42 Å². The van der Waals surface area contributed by atoms with Gasteiger partial charge in [-0.3, -0.25) is 0 Å². The predicted octanol–water partition coefficient (Wildman–Crippen LogP) is 2.27. The quantitative estimate of drug-likeness (QED) is 0.658. The smallest absolute Gasteiger partial charge is 0.119 e. The fraction of sp³-hybridized carbons (Fsp3) is 0.273. The first kappa shape index (κ1) is 8.67. The summed E-state index contributed by atoms with van der Waals surface area (Å²) in [6, 6.07) is 5.65. The van der Waals surface area contributed by atoms with Gasteiger partial charge in [-0.05, 0) is 30.5 Å². The molecular formula is C11H12O. The summed E-state index contributed by atoms with van der Waals surface area (Å²) in [4.78, 5) is 0. The number of hydrogen-bond donors (Lipinski definition) is 1. The van der Waals surface area contributed by atoms with E-state index in [-0.39, 0.29) is 0 Å². The number of rotatable bonds is 2. The maximum atomic E-state index is 9.45. The second-order valence-electron chi connectivity index (χ2n) is 2.84. The number of terminal acetylenes is 1.